The van der Waals surface area contributed by atoms with Gasteiger partial charge in [0.25, 0.3) is 0 Å². The molecular formula is C12H14ClN3O. The van der Waals surface area contributed by atoms with Gasteiger partial charge in [-0.25, -0.2) is 4.98 Å². The van der Waals surface area contributed by atoms with E-state index < -0.39 is 6.10 Å². The second kappa shape index (κ2) is 5.82. The first-order valence-corrected chi connectivity index (χ1v) is 5.76. The van der Waals surface area contributed by atoms with E-state index in [9.17, 15) is 5.11 Å². The van der Waals surface area contributed by atoms with Crippen LogP contribution in [0.1, 0.15) is 17.5 Å². The van der Waals surface area contributed by atoms with Gasteiger partial charge < -0.3 is 15.4 Å². The van der Waals surface area contributed by atoms with Crippen molar-refractivity contribution in [3.63, 3.8) is 0 Å². The fourth-order valence-corrected chi connectivity index (χ4v) is 1.84. The van der Waals surface area contributed by atoms with E-state index in [1.54, 1.807) is 18.5 Å². The van der Waals surface area contributed by atoms with Crippen molar-refractivity contribution >= 4 is 11.6 Å². The van der Waals surface area contributed by atoms with Crippen LogP contribution < -0.4 is 5.32 Å². The lowest BCUT2D eigenvalue weighted by atomic mass is 10.1. The average Bonchev–Trinajstić information content (AvgIpc) is 2.82. The van der Waals surface area contributed by atoms with Gasteiger partial charge in [0, 0.05) is 29.5 Å². The van der Waals surface area contributed by atoms with Crippen LogP contribution in [0.5, 0.6) is 0 Å². The van der Waals surface area contributed by atoms with Gasteiger partial charge in [-0.3, -0.25) is 0 Å². The van der Waals surface area contributed by atoms with Gasteiger partial charge >= 0.3 is 0 Å². The molecule has 0 spiro atoms. The third-order valence-electron chi connectivity index (χ3n) is 2.45. The molecule has 0 saturated carbocycles. The first kappa shape index (κ1) is 12.1. The van der Waals surface area contributed by atoms with E-state index in [2.05, 4.69) is 15.3 Å². The van der Waals surface area contributed by atoms with Crippen molar-refractivity contribution in [1.29, 1.82) is 0 Å². The molecule has 1 aromatic heterocycles. The molecule has 1 unspecified atom stereocenters. The number of benzene rings is 1. The summed E-state index contributed by atoms with van der Waals surface area (Å²) >= 11 is 5.99. The van der Waals surface area contributed by atoms with Crippen LogP contribution in [-0.4, -0.2) is 21.6 Å². The summed E-state index contributed by atoms with van der Waals surface area (Å²) in [5.41, 5.74) is 0.737. The van der Waals surface area contributed by atoms with Gasteiger partial charge in [-0.15, -0.1) is 0 Å². The summed E-state index contributed by atoms with van der Waals surface area (Å²) in [6.45, 7) is 1.03. The Bertz CT molecular complexity index is 459. The summed E-state index contributed by atoms with van der Waals surface area (Å²) in [6.07, 6.45) is 2.85. The number of nitrogens with zero attached hydrogens (tertiary/aromatic N) is 1. The number of hydrogen-bond donors (Lipinski definition) is 3. The molecule has 0 aliphatic rings. The Labute approximate surface area is 105 Å². The number of aromatic nitrogens is 2. The molecule has 5 heteroatoms. The maximum Gasteiger partial charge on any atom is 0.120 e. The number of imidazole rings is 1. The van der Waals surface area contributed by atoms with Crippen molar-refractivity contribution in [2.45, 2.75) is 12.6 Å². The highest BCUT2D eigenvalue weighted by atomic mass is 35.5. The predicted octanol–water partition coefficient (Wildman–Crippen LogP) is 1.89. The highest BCUT2D eigenvalue weighted by molar-refractivity contribution is 6.31. The SMILES string of the molecule is OC(CNCc1ncc[nH]1)c1ccccc1Cl. The Morgan fingerprint density at radius 2 is 2.24 bits per heavy atom. The second-order valence-electron chi connectivity index (χ2n) is 3.70. The largest absolute Gasteiger partial charge is 0.387 e. The van der Waals surface area contributed by atoms with Gasteiger partial charge in [-0.2, -0.15) is 0 Å². The zero-order chi connectivity index (χ0) is 12.1. The first-order chi connectivity index (χ1) is 8.27. The fraction of sp³-hybridized carbons (Fsp3) is 0.250. The lowest BCUT2D eigenvalue weighted by Crippen LogP contribution is -2.21. The normalized spacial score (nSPS) is 12.6. The summed E-state index contributed by atoms with van der Waals surface area (Å²) < 4.78 is 0. The number of aliphatic hydroxyl groups excluding tert-OH is 1. The topological polar surface area (TPSA) is 60.9 Å². The molecule has 1 atom stereocenters. The van der Waals surface area contributed by atoms with E-state index in [1.165, 1.54) is 0 Å². The van der Waals surface area contributed by atoms with Crippen LogP contribution in [0.3, 0.4) is 0 Å². The Morgan fingerprint density at radius 3 is 2.94 bits per heavy atom. The molecule has 0 bridgehead atoms. The van der Waals surface area contributed by atoms with Crippen molar-refractivity contribution in [3.8, 4) is 0 Å². The molecule has 0 radical (unpaired) electrons. The van der Waals surface area contributed by atoms with E-state index in [0.717, 1.165) is 11.4 Å². The minimum Gasteiger partial charge on any atom is -0.387 e. The molecule has 1 aromatic carbocycles. The summed E-state index contributed by atoms with van der Waals surface area (Å²) in [5, 5.41) is 13.6. The maximum atomic E-state index is 9.95. The van der Waals surface area contributed by atoms with Crippen LogP contribution in [0, 0.1) is 0 Å². The Morgan fingerprint density at radius 1 is 1.41 bits per heavy atom. The molecule has 0 aliphatic heterocycles. The predicted molar refractivity (Wildman–Crippen MR) is 66.7 cm³/mol. The van der Waals surface area contributed by atoms with Crippen molar-refractivity contribution in [2.24, 2.45) is 0 Å². The van der Waals surface area contributed by atoms with Crippen molar-refractivity contribution in [3.05, 3.63) is 53.1 Å². The minimum atomic E-state index is -0.612. The number of rotatable bonds is 5. The molecule has 17 heavy (non-hydrogen) atoms. The second-order valence-corrected chi connectivity index (χ2v) is 4.11. The third-order valence-corrected chi connectivity index (χ3v) is 2.79. The quantitative estimate of drug-likeness (QED) is 0.761. The van der Waals surface area contributed by atoms with Crippen LogP contribution >= 0.6 is 11.6 Å². The van der Waals surface area contributed by atoms with Gasteiger partial charge in [0.15, 0.2) is 0 Å². The van der Waals surface area contributed by atoms with E-state index in [4.69, 9.17) is 11.6 Å². The highest BCUT2D eigenvalue weighted by Gasteiger charge is 2.10. The van der Waals surface area contributed by atoms with E-state index in [0.29, 0.717) is 18.1 Å². The van der Waals surface area contributed by atoms with E-state index in [1.807, 2.05) is 18.2 Å². The number of aliphatic hydroxyl groups is 1. The third kappa shape index (κ3) is 3.30. The lowest BCUT2D eigenvalue weighted by Gasteiger charge is -2.12. The zero-order valence-electron chi connectivity index (χ0n) is 9.23. The monoisotopic (exact) mass is 251 g/mol. The van der Waals surface area contributed by atoms with Gasteiger partial charge in [0.05, 0.1) is 12.6 Å². The van der Waals surface area contributed by atoms with Crippen molar-refractivity contribution < 1.29 is 5.11 Å². The Kier molecular flexibility index (Phi) is 4.14. The number of nitrogens with one attached hydrogen (secondary N) is 2. The average molecular weight is 252 g/mol. The zero-order valence-corrected chi connectivity index (χ0v) is 9.98. The molecule has 0 fully saturated rings. The van der Waals surface area contributed by atoms with Gasteiger partial charge in [0.2, 0.25) is 0 Å². The first-order valence-electron chi connectivity index (χ1n) is 5.39. The van der Waals surface area contributed by atoms with Crippen LogP contribution in [0.25, 0.3) is 0 Å². The Hall–Kier alpha value is -1.36. The fourth-order valence-electron chi connectivity index (χ4n) is 1.58. The van der Waals surface area contributed by atoms with Crippen LogP contribution in [-0.2, 0) is 6.54 Å². The summed E-state index contributed by atoms with van der Waals surface area (Å²) in [7, 11) is 0. The molecule has 3 N–H and O–H groups in total. The number of aromatic amines is 1. The van der Waals surface area contributed by atoms with Crippen molar-refractivity contribution in [1.82, 2.24) is 15.3 Å². The minimum absolute atomic E-state index is 0.435. The summed E-state index contributed by atoms with van der Waals surface area (Å²) in [6, 6.07) is 7.29. The lowest BCUT2D eigenvalue weighted by molar-refractivity contribution is 0.174. The standard InChI is InChI=1S/C12H14ClN3O/c13-10-4-2-1-3-9(10)11(17)7-14-8-12-15-5-6-16-12/h1-6,11,14,17H,7-8H2,(H,15,16). The molecule has 0 aliphatic carbocycles. The molecular weight excluding hydrogens is 238 g/mol. The number of hydrogen-bond acceptors (Lipinski definition) is 3. The Balaban J connectivity index is 1.85. The number of halogens is 1. The van der Waals surface area contributed by atoms with E-state index >= 15 is 0 Å². The summed E-state index contributed by atoms with van der Waals surface area (Å²) in [4.78, 5) is 7.06. The summed E-state index contributed by atoms with van der Waals surface area (Å²) in [5.74, 6) is 0.844. The molecule has 2 rings (SSSR count). The maximum absolute atomic E-state index is 9.95. The smallest absolute Gasteiger partial charge is 0.120 e. The molecule has 2 aromatic rings. The van der Waals surface area contributed by atoms with Gasteiger partial charge in [-0.05, 0) is 6.07 Å². The van der Waals surface area contributed by atoms with Crippen LogP contribution in [0.15, 0.2) is 36.7 Å². The molecule has 0 amide bonds. The molecule has 0 saturated heterocycles. The molecule has 4 nitrogen and oxygen atoms in total. The van der Waals surface area contributed by atoms with Crippen molar-refractivity contribution in [2.75, 3.05) is 6.54 Å². The van der Waals surface area contributed by atoms with Crippen LogP contribution in [0.4, 0.5) is 0 Å². The molecule has 90 valence electrons. The van der Waals surface area contributed by atoms with Gasteiger partial charge in [0.1, 0.15) is 5.82 Å². The molecule has 1 heterocycles. The van der Waals surface area contributed by atoms with Gasteiger partial charge in [-0.1, -0.05) is 29.8 Å². The van der Waals surface area contributed by atoms with Crippen LogP contribution in [0.2, 0.25) is 5.02 Å². The van der Waals surface area contributed by atoms with E-state index in [-0.39, 0.29) is 0 Å². The number of H-pyrrole nitrogens is 1. The highest BCUT2D eigenvalue weighted by Crippen LogP contribution is 2.21.